The molecule has 1 N–H and O–H groups in total. The zero-order chi connectivity index (χ0) is 12.9. The Bertz CT molecular complexity index is 482. The number of carbonyl (C=O) groups is 1. The highest BCUT2D eigenvalue weighted by Gasteiger charge is 2.16. The van der Waals surface area contributed by atoms with E-state index in [1.165, 1.54) is 0 Å². The Morgan fingerprint density at radius 1 is 1.29 bits per heavy atom. The summed E-state index contributed by atoms with van der Waals surface area (Å²) in [5, 5.41) is 2.44. The van der Waals surface area contributed by atoms with Gasteiger partial charge in [0.2, 0.25) is 5.91 Å². The second kappa shape index (κ2) is 5.77. The van der Waals surface area contributed by atoms with Gasteiger partial charge in [0.25, 0.3) is 0 Å². The fraction of sp³-hybridized carbons (Fsp3) is 0.364. The van der Waals surface area contributed by atoms with E-state index in [1.807, 2.05) is 6.92 Å². The van der Waals surface area contributed by atoms with Crippen molar-refractivity contribution in [2.45, 2.75) is 6.92 Å². The summed E-state index contributed by atoms with van der Waals surface area (Å²) in [4.78, 5) is 11.4. The van der Waals surface area contributed by atoms with Crippen molar-refractivity contribution in [2.24, 2.45) is 0 Å². The summed E-state index contributed by atoms with van der Waals surface area (Å²) in [6, 6.07) is 6.95. The molecule has 0 aliphatic heterocycles. The van der Waals surface area contributed by atoms with Crippen LogP contribution in [0.5, 0.6) is 0 Å². The minimum Gasteiger partial charge on any atom is -0.325 e. The summed E-state index contributed by atoms with van der Waals surface area (Å²) >= 11 is 0. The predicted molar refractivity (Wildman–Crippen MR) is 64.4 cm³/mol. The zero-order valence-corrected chi connectivity index (χ0v) is 10.3. The highest BCUT2D eigenvalue weighted by Crippen LogP contribution is 2.08. The average Bonchev–Trinajstić information content (AvgIpc) is 2.20. The molecule has 0 unspecified atom stereocenters. The molecule has 17 heavy (non-hydrogen) atoms. The summed E-state index contributed by atoms with van der Waals surface area (Å²) in [6.07, 6.45) is 0. The third-order valence-corrected chi connectivity index (χ3v) is 3.55. The molecule has 1 amide bonds. The van der Waals surface area contributed by atoms with Gasteiger partial charge in [0.15, 0.2) is 9.84 Å². The van der Waals surface area contributed by atoms with E-state index < -0.39 is 33.9 Å². The van der Waals surface area contributed by atoms with Crippen LogP contribution >= 0.6 is 0 Å². The van der Waals surface area contributed by atoms with Crippen molar-refractivity contribution in [3.05, 3.63) is 29.8 Å². The summed E-state index contributed by atoms with van der Waals surface area (Å²) < 4.78 is 34.3. The van der Waals surface area contributed by atoms with E-state index in [0.29, 0.717) is 5.69 Å². The Kier molecular flexibility index (Phi) is 4.62. The normalized spacial score (nSPS) is 11.2. The van der Waals surface area contributed by atoms with Crippen molar-refractivity contribution in [3.8, 4) is 0 Å². The minimum absolute atomic E-state index is 0.524. The van der Waals surface area contributed by atoms with Crippen LogP contribution in [0, 0.1) is 6.92 Å². The highest BCUT2D eigenvalue weighted by molar-refractivity contribution is 7.92. The van der Waals surface area contributed by atoms with Gasteiger partial charge >= 0.3 is 0 Å². The summed E-state index contributed by atoms with van der Waals surface area (Å²) in [6.45, 7) is 0.928. The number of carbonyl (C=O) groups excluding carboxylic acids is 1. The first-order chi connectivity index (χ1) is 7.93. The van der Waals surface area contributed by atoms with E-state index in [-0.39, 0.29) is 0 Å². The molecule has 1 rings (SSSR count). The molecule has 0 radical (unpaired) electrons. The molecule has 0 fully saturated rings. The fourth-order valence-electron chi connectivity index (χ4n) is 1.22. The van der Waals surface area contributed by atoms with Crippen LogP contribution in [0.25, 0.3) is 0 Å². The SMILES string of the molecule is Cc1ccc(NC(=O)CS(=O)(=O)CCF)cc1. The van der Waals surface area contributed by atoms with E-state index in [1.54, 1.807) is 24.3 Å². The standard InChI is InChI=1S/C11H14FNO3S/c1-9-2-4-10(5-3-9)13-11(14)8-17(15,16)7-6-12/h2-5H,6-8H2,1H3,(H,13,14). The van der Waals surface area contributed by atoms with E-state index in [9.17, 15) is 17.6 Å². The Labute approximate surface area is 99.8 Å². The lowest BCUT2D eigenvalue weighted by molar-refractivity contribution is -0.113. The molecule has 0 spiro atoms. The average molecular weight is 259 g/mol. The lowest BCUT2D eigenvalue weighted by Crippen LogP contribution is -2.25. The van der Waals surface area contributed by atoms with Gasteiger partial charge in [0, 0.05) is 5.69 Å². The predicted octanol–water partition coefficient (Wildman–Crippen LogP) is 1.32. The van der Waals surface area contributed by atoms with Gasteiger partial charge in [-0.15, -0.1) is 0 Å². The smallest absolute Gasteiger partial charge is 0.239 e. The Morgan fingerprint density at radius 3 is 2.41 bits per heavy atom. The lowest BCUT2D eigenvalue weighted by Gasteiger charge is -2.05. The van der Waals surface area contributed by atoms with Gasteiger partial charge in [-0.3, -0.25) is 4.79 Å². The van der Waals surface area contributed by atoms with Gasteiger partial charge < -0.3 is 5.32 Å². The molecule has 0 bridgehead atoms. The molecule has 0 aliphatic rings. The van der Waals surface area contributed by atoms with E-state index >= 15 is 0 Å². The number of anilines is 1. The van der Waals surface area contributed by atoms with Crippen LogP contribution in [0.2, 0.25) is 0 Å². The molecule has 0 saturated carbocycles. The summed E-state index contributed by atoms with van der Waals surface area (Å²) in [5.74, 6) is -1.96. The van der Waals surface area contributed by atoms with Crippen molar-refractivity contribution in [1.29, 1.82) is 0 Å². The number of hydrogen-bond donors (Lipinski definition) is 1. The first-order valence-corrected chi connectivity index (χ1v) is 6.88. The summed E-state index contributed by atoms with van der Waals surface area (Å²) in [7, 11) is -3.65. The number of sulfone groups is 1. The van der Waals surface area contributed by atoms with Crippen LogP contribution in [0.4, 0.5) is 10.1 Å². The van der Waals surface area contributed by atoms with Crippen LogP contribution in [-0.2, 0) is 14.6 Å². The maximum Gasteiger partial charge on any atom is 0.239 e. The molecule has 0 aliphatic carbocycles. The number of amides is 1. The molecule has 6 heteroatoms. The number of alkyl halides is 1. The molecular formula is C11H14FNO3S. The van der Waals surface area contributed by atoms with Crippen LogP contribution < -0.4 is 5.32 Å². The van der Waals surface area contributed by atoms with Crippen LogP contribution in [0.1, 0.15) is 5.56 Å². The van der Waals surface area contributed by atoms with Crippen molar-refractivity contribution in [3.63, 3.8) is 0 Å². The second-order valence-corrected chi connectivity index (χ2v) is 5.88. The van der Waals surface area contributed by atoms with Crippen molar-refractivity contribution in [2.75, 3.05) is 23.5 Å². The van der Waals surface area contributed by atoms with Gasteiger partial charge in [0.1, 0.15) is 12.4 Å². The van der Waals surface area contributed by atoms with Crippen LogP contribution in [0.3, 0.4) is 0 Å². The number of hydrogen-bond acceptors (Lipinski definition) is 3. The summed E-state index contributed by atoms with van der Waals surface area (Å²) in [5.41, 5.74) is 1.56. The topological polar surface area (TPSA) is 63.2 Å². The van der Waals surface area contributed by atoms with Gasteiger partial charge in [-0.25, -0.2) is 12.8 Å². The first-order valence-electron chi connectivity index (χ1n) is 5.06. The molecule has 94 valence electrons. The van der Waals surface area contributed by atoms with Crippen LogP contribution in [0.15, 0.2) is 24.3 Å². The first kappa shape index (κ1) is 13.6. The van der Waals surface area contributed by atoms with E-state index in [0.717, 1.165) is 5.56 Å². The Morgan fingerprint density at radius 2 is 1.88 bits per heavy atom. The molecule has 0 aromatic heterocycles. The van der Waals surface area contributed by atoms with Gasteiger partial charge in [-0.2, -0.15) is 0 Å². The highest BCUT2D eigenvalue weighted by atomic mass is 32.2. The third kappa shape index (κ3) is 4.95. The molecule has 0 atom stereocenters. The van der Waals surface area contributed by atoms with Gasteiger partial charge in [-0.1, -0.05) is 17.7 Å². The van der Waals surface area contributed by atoms with E-state index in [4.69, 9.17) is 0 Å². The number of nitrogens with one attached hydrogen (secondary N) is 1. The van der Waals surface area contributed by atoms with Crippen molar-refractivity contribution < 1.29 is 17.6 Å². The lowest BCUT2D eigenvalue weighted by atomic mass is 10.2. The quantitative estimate of drug-likeness (QED) is 0.867. The van der Waals surface area contributed by atoms with Gasteiger partial charge in [-0.05, 0) is 19.1 Å². The number of aryl methyl sites for hydroxylation is 1. The zero-order valence-electron chi connectivity index (χ0n) is 9.44. The van der Waals surface area contributed by atoms with Gasteiger partial charge in [0.05, 0.1) is 5.75 Å². The molecule has 1 aromatic rings. The Balaban J connectivity index is 2.59. The largest absolute Gasteiger partial charge is 0.325 e. The van der Waals surface area contributed by atoms with Crippen molar-refractivity contribution >= 4 is 21.4 Å². The number of benzene rings is 1. The molecule has 0 heterocycles. The van der Waals surface area contributed by atoms with Crippen LogP contribution in [-0.4, -0.2) is 32.5 Å². The Hall–Kier alpha value is -1.43. The number of rotatable bonds is 5. The molecular weight excluding hydrogens is 245 g/mol. The molecule has 4 nitrogen and oxygen atoms in total. The maximum absolute atomic E-state index is 11.9. The minimum atomic E-state index is -3.65. The number of halogens is 1. The third-order valence-electron chi connectivity index (χ3n) is 2.07. The maximum atomic E-state index is 11.9. The molecule has 0 saturated heterocycles. The van der Waals surface area contributed by atoms with E-state index in [2.05, 4.69) is 5.32 Å². The monoisotopic (exact) mass is 259 g/mol. The van der Waals surface area contributed by atoms with Crippen molar-refractivity contribution in [1.82, 2.24) is 0 Å². The fourth-order valence-corrected chi connectivity index (χ4v) is 2.07. The molecule has 1 aromatic carbocycles. The second-order valence-electron chi connectivity index (χ2n) is 3.70.